The molecule has 0 aromatic rings. The first-order chi connectivity index (χ1) is 6.97. The van der Waals surface area contributed by atoms with E-state index in [-0.39, 0.29) is 18.7 Å². The third kappa shape index (κ3) is 3.43. The lowest BCUT2D eigenvalue weighted by Crippen LogP contribution is -2.48. The molecule has 0 aliphatic carbocycles. The number of hydrogen-bond acceptors (Lipinski definition) is 3. The highest BCUT2D eigenvalue weighted by Crippen LogP contribution is 2.25. The van der Waals surface area contributed by atoms with E-state index in [1.54, 1.807) is 9.80 Å². The lowest BCUT2D eigenvalue weighted by molar-refractivity contribution is -0.135. The topological polar surface area (TPSA) is 43.8 Å². The van der Waals surface area contributed by atoms with Crippen molar-refractivity contribution in [3.63, 3.8) is 0 Å². The smallest absolute Gasteiger partial charge is 0.236 e. The van der Waals surface area contributed by atoms with Gasteiger partial charge in [-0.05, 0) is 14.1 Å². The van der Waals surface area contributed by atoms with Gasteiger partial charge < -0.3 is 14.9 Å². The van der Waals surface area contributed by atoms with E-state index in [9.17, 15) is 9.18 Å². The van der Waals surface area contributed by atoms with E-state index in [2.05, 4.69) is 0 Å². The van der Waals surface area contributed by atoms with E-state index in [1.807, 2.05) is 14.1 Å². The maximum atomic E-state index is 13.6. The number of likely N-dealkylation sites (N-methyl/N-ethyl adjacent to an activating group) is 1. The van der Waals surface area contributed by atoms with Crippen molar-refractivity contribution in [2.45, 2.75) is 18.5 Å². The average Bonchev–Trinajstić information content (AvgIpc) is 2.18. The Balaban J connectivity index is 2.40. The molecule has 1 N–H and O–H groups in total. The monoisotopic (exact) mass is 218 g/mol. The summed E-state index contributed by atoms with van der Waals surface area (Å²) in [6.45, 7) is 0.731. The number of carbonyl (C=O) groups excluding carboxylic acids is 1. The van der Waals surface area contributed by atoms with Crippen LogP contribution in [0, 0.1) is 0 Å². The van der Waals surface area contributed by atoms with Crippen LogP contribution in [-0.4, -0.2) is 66.8 Å². The zero-order chi connectivity index (χ0) is 11.5. The van der Waals surface area contributed by atoms with Gasteiger partial charge in [-0.25, -0.2) is 4.39 Å². The highest BCUT2D eigenvalue weighted by atomic mass is 19.1. The van der Waals surface area contributed by atoms with Gasteiger partial charge in [0.15, 0.2) is 0 Å². The Morgan fingerprint density at radius 1 is 1.47 bits per heavy atom. The molecule has 4 nitrogen and oxygen atoms in total. The van der Waals surface area contributed by atoms with E-state index in [0.717, 1.165) is 0 Å². The second-order valence-corrected chi connectivity index (χ2v) is 4.43. The molecule has 1 aliphatic heterocycles. The summed E-state index contributed by atoms with van der Waals surface area (Å²) in [5.74, 6) is 0.0278. The first-order valence-corrected chi connectivity index (χ1v) is 5.19. The van der Waals surface area contributed by atoms with Crippen molar-refractivity contribution in [2.24, 2.45) is 0 Å². The third-order valence-electron chi connectivity index (χ3n) is 2.75. The largest absolute Gasteiger partial charge is 0.393 e. The van der Waals surface area contributed by atoms with Gasteiger partial charge in [-0.1, -0.05) is 0 Å². The second-order valence-electron chi connectivity index (χ2n) is 4.43. The third-order valence-corrected chi connectivity index (χ3v) is 2.75. The molecule has 1 rings (SSSR count). The molecule has 0 saturated carbocycles. The normalized spacial score (nSPS) is 20.7. The fourth-order valence-corrected chi connectivity index (χ4v) is 1.69. The number of aliphatic hydroxyl groups is 1. The van der Waals surface area contributed by atoms with Gasteiger partial charge in [0.1, 0.15) is 5.67 Å². The predicted molar refractivity (Wildman–Crippen MR) is 55.3 cm³/mol. The molecule has 1 saturated heterocycles. The van der Waals surface area contributed by atoms with Gasteiger partial charge in [0, 0.05) is 25.9 Å². The van der Waals surface area contributed by atoms with Gasteiger partial charge in [0.25, 0.3) is 0 Å². The van der Waals surface area contributed by atoms with E-state index in [4.69, 9.17) is 5.11 Å². The summed E-state index contributed by atoms with van der Waals surface area (Å²) in [7, 11) is 3.66. The first kappa shape index (κ1) is 12.4. The summed E-state index contributed by atoms with van der Waals surface area (Å²) in [6, 6.07) is 0. The van der Waals surface area contributed by atoms with E-state index >= 15 is 0 Å². The van der Waals surface area contributed by atoms with Crippen LogP contribution in [0.4, 0.5) is 4.39 Å². The molecule has 15 heavy (non-hydrogen) atoms. The summed E-state index contributed by atoms with van der Waals surface area (Å²) in [4.78, 5) is 15.1. The van der Waals surface area contributed by atoms with Crippen molar-refractivity contribution in [2.75, 3.05) is 40.3 Å². The molecule has 1 aliphatic rings. The average molecular weight is 218 g/mol. The first-order valence-electron chi connectivity index (χ1n) is 5.19. The number of aliphatic hydroxyl groups excluding tert-OH is 1. The highest BCUT2D eigenvalue weighted by molar-refractivity contribution is 5.78. The quantitative estimate of drug-likeness (QED) is 0.717. The lowest BCUT2D eigenvalue weighted by atomic mass is 9.94. The molecule has 0 unspecified atom stereocenters. The van der Waals surface area contributed by atoms with Crippen LogP contribution in [0.15, 0.2) is 0 Å². The molecule has 1 amide bonds. The summed E-state index contributed by atoms with van der Waals surface area (Å²) in [6.07, 6.45) is 0.478. The number of amides is 1. The van der Waals surface area contributed by atoms with Crippen LogP contribution in [0.5, 0.6) is 0 Å². The molecule has 0 radical (unpaired) electrons. The summed E-state index contributed by atoms with van der Waals surface area (Å²) >= 11 is 0. The van der Waals surface area contributed by atoms with Gasteiger partial charge in [-0.2, -0.15) is 0 Å². The fraction of sp³-hybridized carbons (Fsp3) is 0.900. The fourth-order valence-electron chi connectivity index (χ4n) is 1.69. The molecule has 0 bridgehead atoms. The number of rotatable bonds is 3. The number of alkyl halides is 1. The predicted octanol–water partition coefficient (Wildman–Crippen LogP) is -0.129. The van der Waals surface area contributed by atoms with Crippen LogP contribution < -0.4 is 0 Å². The number of halogens is 1. The molecule has 88 valence electrons. The lowest BCUT2D eigenvalue weighted by Gasteiger charge is -2.35. The Labute approximate surface area is 89.7 Å². The molecule has 0 spiro atoms. The van der Waals surface area contributed by atoms with Crippen molar-refractivity contribution in [1.82, 2.24) is 9.80 Å². The van der Waals surface area contributed by atoms with Crippen LogP contribution in [-0.2, 0) is 4.79 Å². The van der Waals surface area contributed by atoms with Gasteiger partial charge in [0.2, 0.25) is 5.91 Å². The van der Waals surface area contributed by atoms with Crippen molar-refractivity contribution < 1.29 is 14.3 Å². The Morgan fingerprint density at radius 2 is 2.00 bits per heavy atom. The second kappa shape index (κ2) is 4.90. The van der Waals surface area contributed by atoms with Crippen LogP contribution in [0.1, 0.15) is 12.8 Å². The molecule has 0 atom stereocenters. The molecule has 0 aromatic carbocycles. The minimum atomic E-state index is -1.48. The van der Waals surface area contributed by atoms with Crippen molar-refractivity contribution >= 4 is 5.91 Å². The van der Waals surface area contributed by atoms with Crippen molar-refractivity contribution in [3.8, 4) is 0 Å². The number of hydrogen-bond donors (Lipinski definition) is 1. The Bertz CT molecular complexity index is 225. The zero-order valence-electron chi connectivity index (χ0n) is 9.37. The minimum Gasteiger partial charge on any atom is -0.393 e. The highest BCUT2D eigenvalue weighted by Gasteiger charge is 2.35. The number of piperidine rings is 1. The van der Waals surface area contributed by atoms with Gasteiger partial charge >= 0.3 is 0 Å². The summed E-state index contributed by atoms with van der Waals surface area (Å²) < 4.78 is 13.6. The Morgan fingerprint density at radius 3 is 2.40 bits per heavy atom. The van der Waals surface area contributed by atoms with E-state index in [1.165, 1.54) is 0 Å². The van der Waals surface area contributed by atoms with Crippen molar-refractivity contribution in [1.29, 1.82) is 0 Å². The summed E-state index contributed by atoms with van der Waals surface area (Å²) in [5.41, 5.74) is -1.48. The number of nitrogens with zero attached hydrogens (tertiary/aromatic N) is 2. The Kier molecular flexibility index (Phi) is 4.04. The van der Waals surface area contributed by atoms with Gasteiger partial charge in [-0.3, -0.25) is 4.79 Å². The molecular weight excluding hydrogens is 199 g/mol. The Hall–Kier alpha value is -0.680. The van der Waals surface area contributed by atoms with Gasteiger partial charge in [0.05, 0.1) is 13.2 Å². The van der Waals surface area contributed by atoms with Crippen molar-refractivity contribution in [3.05, 3.63) is 0 Å². The molecular formula is C10H19FN2O2. The number of likely N-dealkylation sites (tertiary alicyclic amines) is 1. The SMILES string of the molecule is CN(C)CC(=O)N1CCC(F)(CO)CC1. The molecule has 0 aromatic heterocycles. The van der Waals surface area contributed by atoms with E-state index in [0.29, 0.717) is 19.6 Å². The van der Waals surface area contributed by atoms with Crippen LogP contribution >= 0.6 is 0 Å². The summed E-state index contributed by atoms with van der Waals surface area (Å²) in [5, 5.41) is 8.83. The molecule has 5 heteroatoms. The molecule has 1 heterocycles. The number of carbonyl (C=O) groups is 1. The standard InChI is InChI=1S/C10H19FN2O2/c1-12(2)7-9(15)13-5-3-10(11,8-14)4-6-13/h14H,3-8H2,1-2H3. The van der Waals surface area contributed by atoms with Crippen LogP contribution in [0.2, 0.25) is 0 Å². The van der Waals surface area contributed by atoms with Crippen LogP contribution in [0.25, 0.3) is 0 Å². The molecule has 1 fully saturated rings. The van der Waals surface area contributed by atoms with E-state index < -0.39 is 12.3 Å². The maximum Gasteiger partial charge on any atom is 0.236 e. The minimum absolute atomic E-state index is 0.0278. The van der Waals surface area contributed by atoms with Gasteiger partial charge in [-0.15, -0.1) is 0 Å². The zero-order valence-corrected chi connectivity index (χ0v) is 9.37. The van der Waals surface area contributed by atoms with Crippen LogP contribution in [0.3, 0.4) is 0 Å². The maximum absolute atomic E-state index is 13.6.